The minimum Gasteiger partial charge on any atom is -0.491 e. The van der Waals surface area contributed by atoms with Crippen LogP contribution in [0.25, 0.3) is 0 Å². The van der Waals surface area contributed by atoms with Gasteiger partial charge in [-0.15, -0.1) is 0 Å². The lowest BCUT2D eigenvalue weighted by Gasteiger charge is -2.22. The number of carbonyl (C=O) groups excluding carboxylic acids is 2. The highest BCUT2D eigenvalue weighted by Crippen LogP contribution is 2.20. The number of halogens is 1. The monoisotopic (exact) mass is 371 g/mol. The van der Waals surface area contributed by atoms with Gasteiger partial charge in [-0.1, -0.05) is 0 Å². The molecular weight excluding hydrogens is 349 g/mol. The van der Waals surface area contributed by atoms with Crippen LogP contribution < -0.4 is 4.74 Å². The van der Waals surface area contributed by atoms with Crippen LogP contribution in [0, 0.1) is 5.82 Å². The van der Waals surface area contributed by atoms with Crippen LogP contribution in [-0.2, 0) is 0 Å². The molecule has 1 fully saturated rings. The maximum absolute atomic E-state index is 14.0. The van der Waals surface area contributed by atoms with Crippen molar-refractivity contribution in [3.63, 3.8) is 0 Å². The third-order valence-corrected chi connectivity index (χ3v) is 4.48. The molecule has 0 spiro atoms. The van der Waals surface area contributed by atoms with E-state index in [1.807, 2.05) is 0 Å². The number of hydrogen-bond acceptors (Lipinski definition) is 4. The van der Waals surface area contributed by atoms with Gasteiger partial charge < -0.3 is 14.5 Å². The first-order valence-corrected chi connectivity index (χ1v) is 9.01. The number of amides is 2. The Morgan fingerprint density at radius 1 is 1.00 bits per heavy atom. The average molecular weight is 371 g/mol. The molecule has 0 radical (unpaired) electrons. The van der Waals surface area contributed by atoms with Crippen molar-refractivity contribution >= 4 is 11.8 Å². The van der Waals surface area contributed by atoms with E-state index >= 15 is 0 Å². The van der Waals surface area contributed by atoms with Gasteiger partial charge in [-0.2, -0.15) is 0 Å². The molecule has 0 saturated carbocycles. The number of rotatable bonds is 4. The Morgan fingerprint density at radius 2 is 1.63 bits per heavy atom. The maximum Gasteiger partial charge on any atom is 0.254 e. The van der Waals surface area contributed by atoms with E-state index in [4.69, 9.17) is 4.74 Å². The van der Waals surface area contributed by atoms with Crippen molar-refractivity contribution in [2.24, 2.45) is 0 Å². The Labute approximate surface area is 157 Å². The Kier molecular flexibility index (Phi) is 6.01. The highest BCUT2D eigenvalue weighted by Gasteiger charge is 2.24. The van der Waals surface area contributed by atoms with Crippen molar-refractivity contribution < 1.29 is 18.7 Å². The molecule has 3 rings (SSSR count). The Balaban J connectivity index is 1.66. The number of benzene rings is 1. The van der Waals surface area contributed by atoms with Gasteiger partial charge in [0.05, 0.1) is 6.61 Å². The largest absolute Gasteiger partial charge is 0.491 e. The SMILES string of the molecule is CCOc1ccc(C(=O)N2CCCN(C(=O)c3ccncc3)CC2)cc1F. The van der Waals surface area contributed by atoms with Crippen molar-refractivity contribution in [1.82, 2.24) is 14.8 Å². The third-order valence-electron chi connectivity index (χ3n) is 4.48. The van der Waals surface area contributed by atoms with Crippen LogP contribution >= 0.6 is 0 Å². The summed E-state index contributed by atoms with van der Waals surface area (Å²) in [5.74, 6) is -0.722. The van der Waals surface area contributed by atoms with Crippen molar-refractivity contribution in [3.05, 3.63) is 59.7 Å². The van der Waals surface area contributed by atoms with Gasteiger partial charge in [0, 0.05) is 49.7 Å². The summed E-state index contributed by atoms with van der Waals surface area (Å²) in [6.45, 7) is 4.07. The van der Waals surface area contributed by atoms with Gasteiger partial charge in [0.15, 0.2) is 11.6 Å². The molecule has 2 amide bonds. The summed E-state index contributed by atoms with van der Waals surface area (Å²) in [6.07, 6.45) is 3.84. The molecule has 27 heavy (non-hydrogen) atoms. The second-order valence-electron chi connectivity index (χ2n) is 6.25. The van der Waals surface area contributed by atoms with Crippen LogP contribution in [0.3, 0.4) is 0 Å². The summed E-state index contributed by atoms with van der Waals surface area (Å²) < 4.78 is 19.2. The molecule has 1 aliphatic rings. The van der Waals surface area contributed by atoms with E-state index in [0.29, 0.717) is 44.8 Å². The average Bonchev–Trinajstić information content (AvgIpc) is 2.95. The lowest BCUT2D eigenvalue weighted by molar-refractivity contribution is 0.0718. The van der Waals surface area contributed by atoms with E-state index in [2.05, 4.69) is 4.98 Å². The predicted molar refractivity (Wildman–Crippen MR) is 98.2 cm³/mol. The highest BCUT2D eigenvalue weighted by atomic mass is 19.1. The lowest BCUT2D eigenvalue weighted by atomic mass is 10.1. The molecule has 2 aromatic rings. The molecule has 0 N–H and O–H groups in total. The fraction of sp³-hybridized carbons (Fsp3) is 0.350. The van der Waals surface area contributed by atoms with Crippen molar-refractivity contribution in [1.29, 1.82) is 0 Å². The topological polar surface area (TPSA) is 62.7 Å². The summed E-state index contributed by atoms with van der Waals surface area (Å²) in [7, 11) is 0. The fourth-order valence-electron chi connectivity index (χ4n) is 3.09. The molecule has 6 nitrogen and oxygen atoms in total. The minimum atomic E-state index is -0.549. The first-order valence-electron chi connectivity index (χ1n) is 9.01. The number of nitrogens with zero attached hydrogens (tertiary/aromatic N) is 3. The van der Waals surface area contributed by atoms with E-state index in [9.17, 15) is 14.0 Å². The minimum absolute atomic E-state index is 0.0705. The van der Waals surface area contributed by atoms with Crippen LogP contribution in [0.1, 0.15) is 34.1 Å². The quantitative estimate of drug-likeness (QED) is 0.829. The highest BCUT2D eigenvalue weighted by molar-refractivity contribution is 5.95. The summed E-state index contributed by atoms with van der Waals surface area (Å²) in [5.41, 5.74) is 0.864. The molecule has 7 heteroatoms. The van der Waals surface area contributed by atoms with Gasteiger partial charge in [0.25, 0.3) is 11.8 Å². The summed E-state index contributed by atoms with van der Waals surface area (Å²) in [4.78, 5) is 32.6. The van der Waals surface area contributed by atoms with Crippen LogP contribution in [0.15, 0.2) is 42.7 Å². The summed E-state index contributed by atoms with van der Waals surface area (Å²) >= 11 is 0. The molecule has 0 aliphatic carbocycles. The molecule has 1 saturated heterocycles. The number of carbonyl (C=O) groups is 2. The Morgan fingerprint density at radius 3 is 2.22 bits per heavy atom. The third kappa shape index (κ3) is 4.42. The zero-order chi connectivity index (χ0) is 19.2. The Bertz CT molecular complexity index is 813. The standard InChI is InChI=1S/C20H22FN3O3/c1-2-27-18-5-4-16(14-17(18)21)20(26)24-11-3-10-23(12-13-24)19(25)15-6-8-22-9-7-15/h4-9,14H,2-3,10-13H2,1H3. The number of ether oxygens (including phenoxy) is 1. The second-order valence-corrected chi connectivity index (χ2v) is 6.25. The van der Waals surface area contributed by atoms with Crippen LogP contribution in [0.2, 0.25) is 0 Å². The van der Waals surface area contributed by atoms with Gasteiger partial charge in [0.2, 0.25) is 0 Å². The molecule has 0 bridgehead atoms. The van der Waals surface area contributed by atoms with Gasteiger partial charge in [0.1, 0.15) is 0 Å². The van der Waals surface area contributed by atoms with E-state index in [-0.39, 0.29) is 23.1 Å². The van der Waals surface area contributed by atoms with Crippen LogP contribution in [0.5, 0.6) is 5.75 Å². The molecule has 1 aromatic carbocycles. The predicted octanol–water partition coefficient (Wildman–Crippen LogP) is 2.61. The van der Waals surface area contributed by atoms with E-state index in [1.165, 1.54) is 12.1 Å². The van der Waals surface area contributed by atoms with E-state index in [1.54, 1.807) is 47.3 Å². The van der Waals surface area contributed by atoms with Gasteiger partial charge >= 0.3 is 0 Å². The Hall–Kier alpha value is -2.96. The van der Waals surface area contributed by atoms with Crippen molar-refractivity contribution in [2.45, 2.75) is 13.3 Å². The molecule has 142 valence electrons. The van der Waals surface area contributed by atoms with Crippen LogP contribution in [-0.4, -0.2) is 59.4 Å². The zero-order valence-corrected chi connectivity index (χ0v) is 15.2. The normalized spacial score (nSPS) is 14.6. The van der Waals surface area contributed by atoms with Gasteiger partial charge in [-0.3, -0.25) is 14.6 Å². The molecule has 0 atom stereocenters. The molecule has 1 aliphatic heterocycles. The van der Waals surface area contributed by atoms with Gasteiger partial charge in [-0.25, -0.2) is 4.39 Å². The van der Waals surface area contributed by atoms with Crippen molar-refractivity contribution in [2.75, 3.05) is 32.8 Å². The second kappa shape index (κ2) is 8.62. The fourth-order valence-corrected chi connectivity index (χ4v) is 3.09. The zero-order valence-electron chi connectivity index (χ0n) is 15.2. The first kappa shape index (κ1) is 18.8. The number of aromatic nitrogens is 1. The number of hydrogen-bond donors (Lipinski definition) is 0. The smallest absolute Gasteiger partial charge is 0.254 e. The summed E-state index contributed by atoms with van der Waals surface area (Å²) in [6, 6.07) is 7.61. The van der Waals surface area contributed by atoms with E-state index < -0.39 is 5.82 Å². The molecular formula is C20H22FN3O3. The molecule has 1 aromatic heterocycles. The summed E-state index contributed by atoms with van der Waals surface area (Å²) in [5, 5.41) is 0. The van der Waals surface area contributed by atoms with Crippen molar-refractivity contribution in [3.8, 4) is 5.75 Å². The number of pyridine rings is 1. The molecule has 2 heterocycles. The van der Waals surface area contributed by atoms with Gasteiger partial charge in [-0.05, 0) is 43.7 Å². The van der Waals surface area contributed by atoms with E-state index in [0.717, 1.165) is 0 Å². The molecule has 0 unspecified atom stereocenters. The first-order chi connectivity index (χ1) is 13.1. The lowest BCUT2D eigenvalue weighted by Crippen LogP contribution is -2.37. The maximum atomic E-state index is 14.0. The van der Waals surface area contributed by atoms with Crippen LogP contribution in [0.4, 0.5) is 4.39 Å².